The molecule has 4 bridgehead atoms. The van der Waals surface area contributed by atoms with Crippen LogP contribution in [0.5, 0.6) is 0 Å². The summed E-state index contributed by atoms with van der Waals surface area (Å²) in [5, 5.41) is 13.4. The molecule has 2 saturated heterocycles. The third-order valence-electron chi connectivity index (χ3n) is 11.9. The summed E-state index contributed by atoms with van der Waals surface area (Å²) in [5.74, 6) is 1.97. The van der Waals surface area contributed by atoms with Crippen LogP contribution in [0, 0.1) is 23.2 Å². The summed E-state index contributed by atoms with van der Waals surface area (Å²) in [6.07, 6.45) is 9.68. The van der Waals surface area contributed by atoms with E-state index in [-0.39, 0.29) is 29.5 Å². The molecule has 2 aromatic rings. The van der Waals surface area contributed by atoms with Crippen LogP contribution in [-0.4, -0.2) is 84.4 Å². The first-order chi connectivity index (χ1) is 21.4. The molecular formula is C34H45N7O3. The Morgan fingerprint density at radius 2 is 1.66 bits per heavy atom. The van der Waals surface area contributed by atoms with Gasteiger partial charge in [-0.2, -0.15) is 0 Å². The molecule has 0 spiro atoms. The number of nitrogens with two attached hydrogens (primary N) is 1. The van der Waals surface area contributed by atoms with Crippen LogP contribution >= 0.6 is 0 Å². The second-order valence-electron chi connectivity index (χ2n) is 14.4. The molecule has 234 valence electrons. The maximum atomic E-state index is 13.8. The Kier molecular flexibility index (Phi) is 6.97. The number of nitrogens with zero attached hydrogens (tertiary/aromatic N) is 5. The monoisotopic (exact) mass is 599 g/mol. The summed E-state index contributed by atoms with van der Waals surface area (Å²) >= 11 is 0. The summed E-state index contributed by atoms with van der Waals surface area (Å²) in [6, 6.07) is 13.0. The lowest BCUT2D eigenvalue weighted by Gasteiger charge is -2.59. The summed E-state index contributed by atoms with van der Waals surface area (Å²) in [7, 11) is 0. The first kappa shape index (κ1) is 28.1. The van der Waals surface area contributed by atoms with E-state index in [9.17, 15) is 14.7 Å². The van der Waals surface area contributed by atoms with E-state index < -0.39 is 0 Å². The van der Waals surface area contributed by atoms with Crippen LogP contribution in [0.1, 0.15) is 51.4 Å². The highest BCUT2D eigenvalue weighted by Crippen LogP contribution is 2.60. The fourth-order valence-corrected chi connectivity index (χ4v) is 9.91. The van der Waals surface area contributed by atoms with E-state index >= 15 is 0 Å². The molecule has 4 N–H and O–H groups in total. The number of likely N-dealkylation sites (tertiary alicyclic amines) is 1. The van der Waals surface area contributed by atoms with Gasteiger partial charge in [-0.15, -0.1) is 0 Å². The number of para-hydroxylation sites is 2. The molecule has 4 aliphatic carbocycles. The number of carbonyl (C=O) groups excluding carboxylic acids is 2. The zero-order chi connectivity index (χ0) is 30.0. The van der Waals surface area contributed by atoms with E-state index in [0.29, 0.717) is 36.9 Å². The average molecular weight is 600 g/mol. The van der Waals surface area contributed by atoms with Crippen LogP contribution in [0.4, 0.5) is 27.7 Å². The highest BCUT2D eigenvalue weighted by Gasteiger charge is 2.58. The number of fused-ring (bicyclic) bond motifs is 1. The van der Waals surface area contributed by atoms with Gasteiger partial charge in [0.15, 0.2) is 0 Å². The normalized spacial score (nSPS) is 33.5. The van der Waals surface area contributed by atoms with Crippen molar-refractivity contribution in [3.63, 3.8) is 0 Å². The number of primary amides is 1. The van der Waals surface area contributed by atoms with Crippen molar-refractivity contribution < 1.29 is 14.7 Å². The third-order valence-corrected chi connectivity index (χ3v) is 11.9. The van der Waals surface area contributed by atoms with Crippen molar-refractivity contribution in [2.24, 2.45) is 28.9 Å². The molecule has 4 saturated carbocycles. The van der Waals surface area contributed by atoms with Gasteiger partial charge in [0.2, 0.25) is 5.91 Å². The van der Waals surface area contributed by atoms with Gasteiger partial charge in [-0.25, -0.2) is 9.78 Å². The minimum atomic E-state index is -0.354. The van der Waals surface area contributed by atoms with Crippen LogP contribution in [0.3, 0.4) is 0 Å². The fourth-order valence-electron chi connectivity index (χ4n) is 9.91. The highest BCUT2D eigenvalue weighted by atomic mass is 16.3. The van der Waals surface area contributed by atoms with Gasteiger partial charge in [-0.05, 0) is 93.4 Å². The molecule has 3 aliphatic heterocycles. The van der Waals surface area contributed by atoms with E-state index in [2.05, 4.69) is 38.2 Å². The SMILES string of the molecule is NC(=O)[C@]12CC3CC(C1)[C@H](NC(=O)N1CCN(c4ccc(N5CCC(N6CC[C@@H](O)C6)CC5)cn4)c4ccccc41)C(C3)C2. The minimum absolute atomic E-state index is 0.0437. The van der Waals surface area contributed by atoms with Gasteiger partial charge in [0.1, 0.15) is 5.82 Å². The Balaban J connectivity index is 0.934. The largest absolute Gasteiger partial charge is 0.392 e. The molecule has 1 aromatic carbocycles. The Morgan fingerprint density at radius 1 is 0.909 bits per heavy atom. The summed E-state index contributed by atoms with van der Waals surface area (Å²) in [4.78, 5) is 40.1. The smallest absolute Gasteiger partial charge is 0.322 e. The standard InChI is InChI=1S/C34H45N7O3/c35-32(43)34-17-22-15-23(18-34)31(24(16-22)19-34)37-33(44)41-14-13-40(28-3-1-2-4-29(28)41)30-6-5-26(20-36-30)38-10-7-25(8-11-38)39-12-9-27(42)21-39/h1-6,20,22-25,27,31,42H,7-19,21H2,(H2,35,43)(H,37,44)/t22?,23?,24?,27-,31-,34+/m1/s1. The number of benzene rings is 1. The average Bonchev–Trinajstić information content (AvgIpc) is 3.48. The number of rotatable bonds is 5. The Morgan fingerprint density at radius 3 is 2.32 bits per heavy atom. The molecule has 10 nitrogen and oxygen atoms in total. The summed E-state index contributed by atoms with van der Waals surface area (Å²) in [5.41, 5.74) is 8.57. The van der Waals surface area contributed by atoms with Gasteiger partial charge in [0.05, 0.1) is 29.4 Å². The number of β-amino-alcohol motifs (C(OH)–C–C–N with tert-alkyl or cyclic N) is 1. The van der Waals surface area contributed by atoms with Gasteiger partial charge in [0, 0.05) is 56.8 Å². The Bertz CT molecular complexity index is 1390. The van der Waals surface area contributed by atoms with Gasteiger partial charge in [-0.3, -0.25) is 14.6 Å². The van der Waals surface area contributed by atoms with Crippen molar-refractivity contribution in [1.82, 2.24) is 15.2 Å². The molecule has 7 aliphatic rings. The molecule has 6 fully saturated rings. The molecule has 10 heteroatoms. The molecule has 44 heavy (non-hydrogen) atoms. The third kappa shape index (κ3) is 4.81. The van der Waals surface area contributed by atoms with Crippen LogP contribution < -0.4 is 25.8 Å². The number of hydrogen-bond acceptors (Lipinski definition) is 7. The molecule has 1 aromatic heterocycles. The zero-order valence-corrected chi connectivity index (χ0v) is 25.5. The number of nitrogens with one attached hydrogen (secondary N) is 1. The molecule has 9 rings (SSSR count). The number of aromatic nitrogens is 1. The summed E-state index contributed by atoms with van der Waals surface area (Å²) < 4.78 is 0. The van der Waals surface area contributed by atoms with Gasteiger partial charge in [0.25, 0.3) is 0 Å². The van der Waals surface area contributed by atoms with Crippen molar-refractivity contribution in [2.75, 3.05) is 54.0 Å². The maximum absolute atomic E-state index is 13.8. The first-order valence-electron chi connectivity index (χ1n) is 16.7. The maximum Gasteiger partial charge on any atom is 0.322 e. The van der Waals surface area contributed by atoms with E-state index in [0.717, 1.165) is 100 Å². The second kappa shape index (κ2) is 10.9. The fraction of sp³-hybridized carbons (Fsp3) is 0.618. The van der Waals surface area contributed by atoms with Crippen molar-refractivity contribution in [2.45, 2.75) is 69.6 Å². The molecule has 3 amide bonds. The van der Waals surface area contributed by atoms with Crippen molar-refractivity contribution in [3.05, 3.63) is 42.6 Å². The highest BCUT2D eigenvalue weighted by molar-refractivity contribution is 5.98. The number of aliphatic hydroxyl groups is 1. The van der Waals surface area contributed by atoms with Gasteiger partial charge in [-0.1, -0.05) is 12.1 Å². The quantitative estimate of drug-likeness (QED) is 0.482. The molecule has 3 atom stereocenters. The number of aliphatic hydroxyl groups excluding tert-OH is 1. The number of urea groups is 1. The van der Waals surface area contributed by atoms with E-state index in [1.54, 1.807) is 0 Å². The minimum Gasteiger partial charge on any atom is -0.392 e. The Labute approximate surface area is 259 Å². The topological polar surface area (TPSA) is 118 Å². The molecule has 4 heterocycles. The second-order valence-corrected chi connectivity index (χ2v) is 14.4. The number of anilines is 4. The molecule has 2 unspecified atom stereocenters. The van der Waals surface area contributed by atoms with Gasteiger partial charge >= 0.3 is 6.03 Å². The predicted octanol–water partition coefficient (Wildman–Crippen LogP) is 3.46. The summed E-state index contributed by atoms with van der Waals surface area (Å²) in [6.45, 7) is 5.06. The van der Waals surface area contributed by atoms with E-state index in [1.165, 1.54) is 0 Å². The molecular weight excluding hydrogens is 554 g/mol. The van der Waals surface area contributed by atoms with Crippen molar-refractivity contribution in [1.29, 1.82) is 0 Å². The number of carbonyl (C=O) groups is 2. The lowest BCUT2D eigenvalue weighted by atomic mass is 9.47. The number of pyridine rings is 1. The predicted molar refractivity (Wildman–Crippen MR) is 170 cm³/mol. The van der Waals surface area contributed by atoms with Crippen LogP contribution in [-0.2, 0) is 4.79 Å². The Hall–Kier alpha value is -3.37. The number of amides is 3. The van der Waals surface area contributed by atoms with Gasteiger partial charge < -0.3 is 26.0 Å². The van der Waals surface area contributed by atoms with Crippen LogP contribution in [0.15, 0.2) is 42.6 Å². The molecule has 0 radical (unpaired) electrons. The van der Waals surface area contributed by atoms with E-state index in [1.807, 2.05) is 29.3 Å². The number of hydrogen-bond donors (Lipinski definition) is 3. The van der Waals surface area contributed by atoms with Crippen molar-refractivity contribution in [3.8, 4) is 0 Å². The van der Waals surface area contributed by atoms with Crippen LogP contribution in [0.2, 0.25) is 0 Å². The lowest BCUT2D eigenvalue weighted by Crippen LogP contribution is -2.63. The lowest BCUT2D eigenvalue weighted by molar-refractivity contribution is -0.145. The first-order valence-corrected chi connectivity index (χ1v) is 16.7. The van der Waals surface area contributed by atoms with Crippen LogP contribution in [0.25, 0.3) is 0 Å². The zero-order valence-electron chi connectivity index (χ0n) is 25.5. The van der Waals surface area contributed by atoms with Crippen molar-refractivity contribution >= 4 is 34.8 Å². The van der Waals surface area contributed by atoms with E-state index in [4.69, 9.17) is 10.7 Å². The number of piperidine rings is 1.